The van der Waals surface area contributed by atoms with Crippen LogP contribution in [0.25, 0.3) is 11.7 Å². The Bertz CT molecular complexity index is 1430. The van der Waals surface area contributed by atoms with Gasteiger partial charge in [0.25, 0.3) is 0 Å². The van der Waals surface area contributed by atoms with Crippen LogP contribution in [0.1, 0.15) is 37.1 Å². The molecular formula is C21H20ClN7O2. The lowest BCUT2D eigenvalue weighted by atomic mass is 10.1. The highest BCUT2D eigenvalue weighted by molar-refractivity contribution is 6.30. The largest absolute Gasteiger partial charge is 0.493 e. The van der Waals surface area contributed by atoms with Crippen molar-refractivity contribution < 1.29 is 5.11 Å². The summed E-state index contributed by atoms with van der Waals surface area (Å²) >= 11 is 6.00. The lowest BCUT2D eigenvalue weighted by Gasteiger charge is -2.15. The standard InChI is InChI=1S/C21H20ClN7O2/c1-11(12-2-4-14(22)5-3-12)24-17-9-18(25-15-6-7-15)29-19(27-17)13(10-23-29)8-16-20(30)28-21(31)26-16/h2-5,8-11,15,24,30H,6-7H2,1H3,(H2,26,28,31)/b13-8+,25-18?. The van der Waals surface area contributed by atoms with Crippen molar-refractivity contribution in [2.45, 2.75) is 31.8 Å². The van der Waals surface area contributed by atoms with Crippen molar-refractivity contribution in [3.63, 3.8) is 0 Å². The molecule has 10 heteroatoms. The number of nitrogens with zero attached hydrogens (tertiary/aromatic N) is 4. The van der Waals surface area contributed by atoms with Gasteiger partial charge in [-0.25, -0.2) is 9.78 Å². The zero-order valence-electron chi connectivity index (χ0n) is 16.6. The van der Waals surface area contributed by atoms with E-state index < -0.39 is 5.69 Å². The van der Waals surface area contributed by atoms with Crippen molar-refractivity contribution in [2.24, 2.45) is 4.99 Å². The van der Waals surface area contributed by atoms with Crippen LogP contribution in [0.2, 0.25) is 5.02 Å². The summed E-state index contributed by atoms with van der Waals surface area (Å²) in [4.78, 5) is 25.8. The Balaban J connectivity index is 1.61. The smallest absolute Gasteiger partial charge is 0.326 e. The molecule has 0 bridgehead atoms. The first-order chi connectivity index (χ1) is 15.0. The number of hydrogen-bond donors (Lipinski definition) is 4. The molecule has 1 aliphatic carbocycles. The molecule has 4 aromatic rings. The molecule has 1 aliphatic rings. The van der Waals surface area contributed by atoms with Gasteiger partial charge in [0.2, 0.25) is 5.88 Å². The number of rotatable bonds is 5. The first-order valence-corrected chi connectivity index (χ1v) is 10.3. The maximum atomic E-state index is 11.5. The molecule has 4 N–H and O–H groups in total. The SMILES string of the molecule is CC(Nc1cc(=NC2CC2)n2nc/c(=C\c3[nH]c(=O)[nH]c3O)c2n1)c1ccc(Cl)cc1. The quantitative estimate of drug-likeness (QED) is 0.379. The summed E-state index contributed by atoms with van der Waals surface area (Å²) in [5.41, 5.74) is 2.10. The second-order valence-corrected chi connectivity index (χ2v) is 8.03. The number of H-pyrrole nitrogens is 2. The normalized spacial score (nSPS) is 16.2. The summed E-state index contributed by atoms with van der Waals surface area (Å²) in [5, 5.41) is 19.1. The molecule has 1 unspecified atom stereocenters. The predicted octanol–water partition coefficient (Wildman–Crippen LogP) is 1.89. The van der Waals surface area contributed by atoms with Gasteiger partial charge in [0.05, 0.1) is 12.2 Å². The average molecular weight is 438 g/mol. The van der Waals surface area contributed by atoms with Gasteiger partial charge in [-0.15, -0.1) is 0 Å². The molecule has 9 nitrogen and oxygen atoms in total. The number of imidazole rings is 1. The lowest BCUT2D eigenvalue weighted by Crippen LogP contribution is -2.21. The first-order valence-electron chi connectivity index (χ1n) is 9.94. The highest BCUT2D eigenvalue weighted by Gasteiger charge is 2.20. The summed E-state index contributed by atoms with van der Waals surface area (Å²) in [6.07, 6.45) is 5.38. The molecule has 0 saturated heterocycles. The van der Waals surface area contributed by atoms with Gasteiger partial charge in [0, 0.05) is 22.3 Å². The van der Waals surface area contributed by atoms with E-state index in [4.69, 9.17) is 21.6 Å². The second-order valence-electron chi connectivity index (χ2n) is 7.60. The van der Waals surface area contributed by atoms with Crippen LogP contribution in [-0.2, 0) is 0 Å². The Morgan fingerprint density at radius 2 is 2.10 bits per heavy atom. The van der Waals surface area contributed by atoms with Crippen LogP contribution in [0.15, 0.2) is 46.3 Å². The molecule has 3 heterocycles. The summed E-state index contributed by atoms with van der Waals surface area (Å²) in [7, 11) is 0. The molecule has 0 radical (unpaired) electrons. The van der Waals surface area contributed by atoms with Gasteiger partial charge in [0.1, 0.15) is 11.5 Å². The Morgan fingerprint density at radius 3 is 2.77 bits per heavy atom. The number of anilines is 1. The van der Waals surface area contributed by atoms with Gasteiger partial charge in [-0.1, -0.05) is 23.7 Å². The van der Waals surface area contributed by atoms with E-state index >= 15 is 0 Å². The molecule has 31 heavy (non-hydrogen) atoms. The van der Waals surface area contributed by atoms with Crippen molar-refractivity contribution in [1.82, 2.24) is 24.6 Å². The summed E-state index contributed by atoms with van der Waals surface area (Å²) in [6, 6.07) is 9.81. The maximum Gasteiger partial charge on any atom is 0.326 e. The fourth-order valence-electron chi connectivity index (χ4n) is 3.33. The van der Waals surface area contributed by atoms with Crippen LogP contribution < -0.4 is 21.7 Å². The number of halogens is 1. The van der Waals surface area contributed by atoms with Gasteiger partial charge >= 0.3 is 5.69 Å². The van der Waals surface area contributed by atoms with E-state index in [2.05, 4.69) is 20.4 Å². The Hall–Kier alpha value is -3.59. The monoisotopic (exact) mass is 437 g/mol. The molecule has 1 saturated carbocycles. The fraction of sp³-hybridized carbons (Fsp3) is 0.238. The highest BCUT2D eigenvalue weighted by Crippen LogP contribution is 2.23. The van der Waals surface area contributed by atoms with Crippen molar-refractivity contribution in [3.8, 4) is 5.88 Å². The minimum Gasteiger partial charge on any atom is -0.493 e. The molecule has 1 aromatic carbocycles. The van der Waals surface area contributed by atoms with Crippen LogP contribution in [-0.4, -0.2) is 35.7 Å². The Kier molecular flexibility index (Phi) is 4.74. The van der Waals surface area contributed by atoms with E-state index in [0.717, 1.165) is 18.4 Å². The third-order valence-electron chi connectivity index (χ3n) is 5.11. The number of aromatic nitrogens is 5. The van der Waals surface area contributed by atoms with Crippen molar-refractivity contribution in [3.05, 3.63) is 74.0 Å². The van der Waals surface area contributed by atoms with Gasteiger partial charge in [-0.2, -0.15) is 9.61 Å². The molecule has 0 amide bonds. The first kappa shape index (κ1) is 19.4. The summed E-state index contributed by atoms with van der Waals surface area (Å²) < 4.78 is 1.67. The maximum absolute atomic E-state index is 11.5. The lowest BCUT2D eigenvalue weighted by molar-refractivity contribution is 0.454. The van der Waals surface area contributed by atoms with Crippen LogP contribution in [0.3, 0.4) is 0 Å². The zero-order chi connectivity index (χ0) is 21.5. The minimum absolute atomic E-state index is 0.0126. The topological polar surface area (TPSA) is 123 Å². The van der Waals surface area contributed by atoms with E-state index in [1.165, 1.54) is 0 Å². The van der Waals surface area contributed by atoms with E-state index in [9.17, 15) is 9.90 Å². The molecule has 1 atom stereocenters. The number of fused-ring (bicyclic) bond motifs is 1. The third-order valence-corrected chi connectivity index (χ3v) is 5.36. The van der Waals surface area contributed by atoms with E-state index in [-0.39, 0.29) is 17.6 Å². The van der Waals surface area contributed by atoms with Crippen LogP contribution in [0.4, 0.5) is 5.82 Å². The number of aromatic amines is 2. The van der Waals surface area contributed by atoms with Crippen molar-refractivity contribution in [1.29, 1.82) is 0 Å². The van der Waals surface area contributed by atoms with E-state index in [1.54, 1.807) is 16.8 Å². The van der Waals surface area contributed by atoms with Crippen molar-refractivity contribution >= 4 is 29.1 Å². The number of hydrogen-bond acceptors (Lipinski definition) is 6. The summed E-state index contributed by atoms with van der Waals surface area (Å²) in [5.74, 6) is 0.411. The molecule has 5 rings (SSSR count). The minimum atomic E-state index is -0.489. The Labute approximate surface area is 181 Å². The molecule has 3 aromatic heterocycles. The molecule has 158 valence electrons. The van der Waals surface area contributed by atoms with Crippen LogP contribution >= 0.6 is 11.6 Å². The van der Waals surface area contributed by atoms with E-state index in [0.29, 0.717) is 33.2 Å². The number of nitrogens with one attached hydrogen (secondary N) is 3. The van der Waals surface area contributed by atoms with E-state index in [1.807, 2.05) is 37.3 Å². The van der Waals surface area contributed by atoms with Gasteiger partial charge in [-0.05, 0) is 43.5 Å². The molecule has 0 spiro atoms. The molecule has 1 fully saturated rings. The Morgan fingerprint density at radius 1 is 1.32 bits per heavy atom. The van der Waals surface area contributed by atoms with Gasteiger partial charge in [-0.3, -0.25) is 9.98 Å². The second kappa shape index (κ2) is 7.59. The van der Waals surface area contributed by atoms with Crippen LogP contribution in [0.5, 0.6) is 5.88 Å². The third kappa shape index (κ3) is 4.04. The van der Waals surface area contributed by atoms with Crippen molar-refractivity contribution in [2.75, 3.05) is 5.32 Å². The number of aromatic hydroxyl groups is 1. The predicted molar refractivity (Wildman–Crippen MR) is 117 cm³/mol. The zero-order valence-corrected chi connectivity index (χ0v) is 17.4. The highest BCUT2D eigenvalue weighted by atomic mass is 35.5. The number of benzene rings is 1. The van der Waals surface area contributed by atoms with Gasteiger partial charge in [0.15, 0.2) is 11.1 Å². The molecular weight excluding hydrogens is 418 g/mol. The van der Waals surface area contributed by atoms with Gasteiger partial charge < -0.3 is 15.4 Å². The fourth-order valence-corrected chi connectivity index (χ4v) is 3.45. The molecule has 0 aliphatic heterocycles. The average Bonchev–Trinajstić information content (AvgIpc) is 3.37. The van der Waals surface area contributed by atoms with Crippen LogP contribution in [0, 0.1) is 0 Å². The summed E-state index contributed by atoms with van der Waals surface area (Å²) in [6.45, 7) is 2.04.